The van der Waals surface area contributed by atoms with Crippen molar-refractivity contribution in [1.29, 1.82) is 0 Å². The van der Waals surface area contributed by atoms with E-state index in [-0.39, 0.29) is 12.4 Å². The third-order valence-electron chi connectivity index (χ3n) is 3.49. The molecule has 2 rings (SSSR count). The molecular weight excluding hydrogens is 324 g/mol. The number of hydrogen-bond acceptors (Lipinski definition) is 5. The number of aliphatic hydroxyl groups excluding tert-OH is 1. The van der Waals surface area contributed by atoms with Crippen LogP contribution in [0.2, 0.25) is 0 Å². The van der Waals surface area contributed by atoms with E-state index in [4.69, 9.17) is 16.0 Å². The molecule has 1 fully saturated rings. The van der Waals surface area contributed by atoms with Gasteiger partial charge in [-0.1, -0.05) is 5.16 Å². The summed E-state index contributed by atoms with van der Waals surface area (Å²) in [5.74, 6) is 0.0937. The van der Waals surface area contributed by atoms with Crippen molar-refractivity contribution in [2.24, 2.45) is 10.9 Å². The van der Waals surface area contributed by atoms with Crippen LogP contribution in [0.25, 0.3) is 0 Å². The number of piperazine rings is 1. The first kappa shape index (κ1) is 15.1. The Morgan fingerprint density at radius 2 is 2.00 bits per heavy atom. The average Bonchev–Trinajstić information content (AvgIpc) is 2.47. The van der Waals surface area contributed by atoms with Gasteiger partial charge in [0.15, 0.2) is 5.84 Å². The number of aliphatic hydroxyl groups is 1. The molecule has 0 aromatic heterocycles. The van der Waals surface area contributed by atoms with Crippen molar-refractivity contribution < 1.29 is 10.3 Å². The van der Waals surface area contributed by atoms with Gasteiger partial charge in [0, 0.05) is 48.4 Å². The van der Waals surface area contributed by atoms with Crippen LogP contribution < -0.4 is 10.6 Å². The quantitative estimate of drug-likeness (QED) is 0.324. The highest BCUT2D eigenvalue weighted by atomic mass is 79.9. The highest BCUT2D eigenvalue weighted by Crippen LogP contribution is 2.25. The molecule has 110 valence electrons. The third-order valence-corrected chi connectivity index (χ3v) is 4.15. The Labute approximate surface area is 126 Å². The maximum atomic E-state index is 8.94. The Bertz CT molecular complexity index is 487. The molecule has 7 heteroatoms. The van der Waals surface area contributed by atoms with Gasteiger partial charge >= 0.3 is 0 Å². The minimum atomic E-state index is 0.0937. The minimum absolute atomic E-state index is 0.0937. The van der Waals surface area contributed by atoms with Crippen LogP contribution in [0.4, 0.5) is 5.69 Å². The lowest BCUT2D eigenvalue weighted by molar-refractivity contribution is 0.189. The van der Waals surface area contributed by atoms with Crippen molar-refractivity contribution in [1.82, 2.24) is 4.90 Å². The first-order valence-corrected chi connectivity index (χ1v) is 7.30. The molecule has 0 spiro atoms. The van der Waals surface area contributed by atoms with Crippen molar-refractivity contribution in [3.63, 3.8) is 0 Å². The van der Waals surface area contributed by atoms with E-state index in [0.29, 0.717) is 5.56 Å². The number of β-amino-alcohol motifs (C(OH)–C–C–N with tert-alkyl or cyclic N) is 1. The van der Waals surface area contributed by atoms with Crippen LogP contribution in [0.5, 0.6) is 0 Å². The molecule has 1 heterocycles. The molecule has 20 heavy (non-hydrogen) atoms. The third kappa shape index (κ3) is 3.41. The Balaban J connectivity index is 2.06. The fourth-order valence-corrected chi connectivity index (χ4v) is 2.90. The minimum Gasteiger partial charge on any atom is -0.409 e. The van der Waals surface area contributed by atoms with Crippen LogP contribution in [0.15, 0.2) is 27.8 Å². The Hall–Kier alpha value is -1.31. The molecule has 0 atom stereocenters. The number of anilines is 1. The SMILES string of the molecule is N/C(=N/O)c1ccc(N2CCN(CCO)CC2)cc1Br. The van der Waals surface area contributed by atoms with E-state index < -0.39 is 0 Å². The van der Waals surface area contributed by atoms with E-state index in [9.17, 15) is 0 Å². The van der Waals surface area contributed by atoms with E-state index in [2.05, 4.69) is 30.9 Å². The van der Waals surface area contributed by atoms with Crippen LogP contribution in [0.1, 0.15) is 5.56 Å². The predicted octanol–water partition coefficient (Wildman–Crippen LogP) is 0.658. The predicted molar refractivity (Wildman–Crippen MR) is 82.4 cm³/mol. The summed E-state index contributed by atoms with van der Waals surface area (Å²) in [5, 5.41) is 20.7. The standard InChI is InChI=1S/C13H19BrN4O2/c14-12-9-10(1-2-11(12)13(15)16-20)18-5-3-17(4-6-18)7-8-19/h1-2,9,19-20H,3-8H2,(H2,15,16). The second-order valence-corrected chi connectivity index (χ2v) is 5.56. The Kier molecular flexibility index (Phi) is 5.22. The van der Waals surface area contributed by atoms with E-state index in [1.807, 2.05) is 18.2 Å². The van der Waals surface area contributed by atoms with Crippen molar-refractivity contribution in [2.45, 2.75) is 0 Å². The maximum absolute atomic E-state index is 8.94. The molecule has 0 bridgehead atoms. The molecule has 1 aromatic rings. The van der Waals surface area contributed by atoms with Gasteiger partial charge in [-0.3, -0.25) is 4.90 Å². The molecule has 0 unspecified atom stereocenters. The number of nitrogens with two attached hydrogens (primary N) is 1. The van der Waals surface area contributed by atoms with Gasteiger partial charge in [0.2, 0.25) is 0 Å². The second-order valence-electron chi connectivity index (χ2n) is 4.70. The summed E-state index contributed by atoms with van der Waals surface area (Å²) in [4.78, 5) is 4.53. The summed E-state index contributed by atoms with van der Waals surface area (Å²) in [6.07, 6.45) is 0. The van der Waals surface area contributed by atoms with Gasteiger partial charge < -0.3 is 20.9 Å². The smallest absolute Gasteiger partial charge is 0.171 e. The van der Waals surface area contributed by atoms with Gasteiger partial charge in [-0.2, -0.15) is 0 Å². The number of hydrogen-bond donors (Lipinski definition) is 3. The Morgan fingerprint density at radius 1 is 1.30 bits per heavy atom. The highest BCUT2D eigenvalue weighted by molar-refractivity contribution is 9.10. The second kappa shape index (κ2) is 6.92. The molecule has 6 nitrogen and oxygen atoms in total. The number of rotatable bonds is 4. The van der Waals surface area contributed by atoms with Crippen molar-refractivity contribution >= 4 is 27.5 Å². The lowest BCUT2D eigenvalue weighted by Gasteiger charge is -2.36. The molecule has 0 radical (unpaired) electrons. The number of oxime groups is 1. The molecule has 1 aliphatic rings. The Morgan fingerprint density at radius 3 is 2.55 bits per heavy atom. The van der Waals surface area contributed by atoms with Crippen molar-refractivity contribution in [3.05, 3.63) is 28.2 Å². The summed E-state index contributed by atoms with van der Waals surface area (Å²) in [6, 6.07) is 5.80. The summed E-state index contributed by atoms with van der Waals surface area (Å²) < 4.78 is 0.808. The van der Waals surface area contributed by atoms with Gasteiger partial charge in [-0.15, -0.1) is 0 Å². The summed E-state index contributed by atoms with van der Waals surface area (Å²) in [5.41, 5.74) is 7.38. The highest BCUT2D eigenvalue weighted by Gasteiger charge is 2.17. The molecule has 0 saturated carbocycles. The van der Waals surface area contributed by atoms with Gasteiger partial charge in [0.1, 0.15) is 0 Å². The zero-order chi connectivity index (χ0) is 14.5. The van der Waals surface area contributed by atoms with E-state index in [1.165, 1.54) is 0 Å². The molecule has 0 amide bonds. The number of halogens is 1. The van der Waals surface area contributed by atoms with E-state index in [1.54, 1.807) is 0 Å². The monoisotopic (exact) mass is 342 g/mol. The normalized spacial score (nSPS) is 17.5. The largest absolute Gasteiger partial charge is 0.409 e. The first-order valence-electron chi connectivity index (χ1n) is 6.51. The van der Waals surface area contributed by atoms with Crippen LogP contribution in [0.3, 0.4) is 0 Å². The van der Waals surface area contributed by atoms with Crippen LogP contribution in [-0.2, 0) is 0 Å². The summed E-state index contributed by atoms with van der Waals surface area (Å²) in [6.45, 7) is 4.69. The lowest BCUT2D eigenvalue weighted by atomic mass is 10.1. The number of nitrogens with zero attached hydrogens (tertiary/aromatic N) is 3. The molecule has 4 N–H and O–H groups in total. The lowest BCUT2D eigenvalue weighted by Crippen LogP contribution is -2.47. The molecule has 0 aliphatic carbocycles. The molecule has 1 aromatic carbocycles. The molecule has 1 saturated heterocycles. The van der Waals surface area contributed by atoms with E-state index >= 15 is 0 Å². The number of benzene rings is 1. The molecular formula is C13H19BrN4O2. The van der Waals surface area contributed by atoms with Crippen molar-refractivity contribution in [2.75, 3.05) is 44.2 Å². The fourth-order valence-electron chi connectivity index (χ4n) is 2.33. The zero-order valence-electron chi connectivity index (χ0n) is 11.2. The number of amidine groups is 1. The van der Waals surface area contributed by atoms with Gasteiger partial charge in [-0.25, -0.2) is 0 Å². The van der Waals surface area contributed by atoms with Gasteiger partial charge in [-0.05, 0) is 34.1 Å². The first-order chi connectivity index (χ1) is 9.65. The van der Waals surface area contributed by atoms with Crippen molar-refractivity contribution in [3.8, 4) is 0 Å². The average molecular weight is 343 g/mol. The van der Waals surface area contributed by atoms with E-state index in [0.717, 1.165) is 42.9 Å². The zero-order valence-corrected chi connectivity index (χ0v) is 12.8. The van der Waals surface area contributed by atoms with Gasteiger partial charge in [0.25, 0.3) is 0 Å². The summed E-state index contributed by atoms with van der Waals surface area (Å²) in [7, 11) is 0. The molecule has 1 aliphatic heterocycles. The maximum Gasteiger partial charge on any atom is 0.171 e. The summed E-state index contributed by atoms with van der Waals surface area (Å²) >= 11 is 3.45. The van der Waals surface area contributed by atoms with Crippen LogP contribution in [-0.4, -0.2) is 60.4 Å². The van der Waals surface area contributed by atoms with Crippen LogP contribution in [0, 0.1) is 0 Å². The fraction of sp³-hybridized carbons (Fsp3) is 0.462. The van der Waals surface area contributed by atoms with Gasteiger partial charge in [0.05, 0.1) is 6.61 Å². The van der Waals surface area contributed by atoms with Crippen LogP contribution >= 0.6 is 15.9 Å². The topological polar surface area (TPSA) is 85.3 Å².